The van der Waals surface area contributed by atoms with Crippen molar-refractivity contribution in [1.29, 1.82) is 0 Å². The van der Waals surface area contributed by atoms with Crippen LogP contribution in [0.15, 0.2) is 12.2 Å². The molecule has 0 radical (unpaired) electrons. The normalized spacial score (nSPS) is 31.0. The molecule has 1 saturated heterocycles. The van der Waals surface area contributed by atoms with Crippen LogP contribution in [0.3, 0.4) is 0 Å². The van der Waals surface area contributed by atoms with Gasteiger partial charge in [0.2, 0.25) is 5.91 Å². The minimum atomic E-state index is -0.487. The van der Waals surface area contributed by atoms with Crippen molar-refractivity contribution >= 4 is 11.7 Å². The predicted molar refractivity (Wildman–Crippen MR) is 57.4 cm³/mol. The van der Waals surface area contributed by atoms with Crippen LogP contribution in [0.4, 0.5) is 0 Å². The Morgan fingerprint density at radius 3 is 3.00 bits per heavy atom. The topological polar surface area (TPSA) is 37.4 Å². The number of nitrogens with zero attached hydrogens (tertiary/aromatic N) is 1. The van der Waals surface area contributed by atoms with Gasteiger partial charge in [-0.15, -0.1) is 0 Å². The highest BCUT2D eigenvalue weighted by Crippen LogP contribution is 2.36. The summed E-state index contributed by atoms with van der Waals surface area (Å²) in [5.74, 6) is 0.288. The van der Waals surface area contributed by atoms with Crippen LogP contribution in [0.5, 0.6) is 0 Å². The van der Waals surface area contributed by atoms with Crippen molar-refractivity contribution in [2.45, 2.75) is 44.6 Å². The zero-order valence-electron chi connectivity index (χ0n) is 9.16. The van der Waals surface area contributed by atoms with Crippen molar-refractivity contribution in [3.05, 3.63) is 12.2 Å². The van der Waals surface area contributed by atoms with Crippen LogP contribution in [0.1, 0.15) is 39.0 Å². The van der Waals surface area contributed by atoms with Gasteiger partial charge in [-0.2, -0.15) is 0 Å². The Labute approximate surface area is 90.1 Å². The Balaban J connectivity index is 2.32. The fourth-order valence-electron chi connectivity index (χ4n) is 2.80. The molecule has 3 heteroatoms. The number of rotatable bonds is 0. The van der Waals surface area contributed by atoms with Gasteiger partial charge in [-0.05, 0) is 25.7 Å². The highest BCUT2D eigenvalue weighted by Gasteiger charge is 2.47. The molecule has 0 aromatic heterocycles. The van der Waals surface area contributed by atoms with Gasteiger partial charge in [0.25, 0.3) is 0 Å². The van der Waals surface area contributed by atoms with E-state index in [1.54, 1.807) is 11.8 Å². The fraction of sp³-hybridized carbons (Fsp3) is 0.667. The number of ketones is 1. The summed E-state index contributed by atoms with van der Waals surface area (Å²) < 4.78 is 0. The lowest BCUT2D eigenvalue weighted by atomic mass is 9.86. The molecule has 82 valence electrons. The first-order valence-electron chi connectivity index (χ1n) is 5.63. The van der Waals surface area contributed by atoms with E-state index in [0.29, 0.717) is 12.8 Å². The molecular formula is C12H17NO2. The molecule has 0 aromatic carbocycles. The van der Waals surface area contributed by atoms with Gasteiger partial charge in [0, 0.05) is 19.9 Å². The van der Waals surface area contributed by atoms with Crippen molar-refractivity contribution in [1.82, 2.24) is 4.90 Å². The lowest BCUT2D eigenvalue weighted by Gasteiger charge is -2.35. The van der Waals surface area contributed by atoms with Gasteiger partial charge in [-0.3, -0.25) is 9.59 Å². The molecule has 2 aliphatic rings. The van der Waals surface area contributed by atoms with Crippen LogP contribution >= 0.6 is 0 Å². The molecule has 0 saturated carbocycles. The maximum absolute atomic E-state index is 12.1. The van der Waals surface area contributed by atoms with Crippen molar-refractivity contribution in [2.24, 2.45) is 0 Å². The van der Waals surface area contributed by atoms with E-state index in [1.807, 2.05) is 0 Å². The van der Waals surface area contributed by atoms with Crippen molar-refractivity contribution in [3.63, 3.8) is 0 Å². The first kappa shape index (κ1) is 10.4. The maximum atomic E-state index is 12.1. The molecule has 1 aliphatic carbocycles. The zero-order chi connectivity index (χ0) is 10.9. The summed E-state index contributed by atoms with van der Waals surface area (Å²) in [6.45, 7) is 2.31. The smallest absolute Gasteiger partial charge is 0.220 e. The third-order valence-corrected chi connectivity index (χ3v) is 3.55. The number of allylic oxidation sites excluding steroid dienone is 1. The minimum Gasteiger partial charge on any atom is -0.330 e. The summed E-state index contributed by atoms with van der Waals surface area (Å²) >= 11 is 0. The first-order valence-corrected chi connectivity index (χ1v) is 5.63. The number of hydrogen-bond donors (Lipinski definition) is 0. The second-order valence-corrected chi connectivity index (χ2v) is 4.44. The third-order valence-electron chi connectivity index (χ3n) is 3.55. The number of carbonyl (C=O) groups excluding carboxylic acids is 2. The van der Waals surface area contributed by atoms with E-state index < -0.39 is 5.54 Å². The van der Waals surface area contributed by atoms with Crippen LogP contribution in [0, 0.1) is 0 Å². The van der Waals surface area contributed by atoms with Gasteiger partial charge < -0.3 is 4.90 Å². The maximum Gasteiger partial charge on any atom is 0.220 e. The van der Waals surface area contributed by atoms with Gasteiger partial charge in [0.1, 0.15) is 5.54 Å². The Morgan fingerprint density at radius 1 is 1.47 bits per heavy atom. The minimum absolute atomic E-state index is 0.0381. The van der Waals surface area contributed by atoms with Gasteiger partial charge in [0.05, 0.1) is 0 Å². The number of carbonyl (C=O) groups is 2. The molecular weight excluding hydrogens is 190 g/mol. The van der Waals surface area contributed by atoms with E-state index in [1.165, 1.54) is 0 Å². The van der Waals surface area contributed by atoms with E-state index in [0.717, 1.165) is 25.8 Å². The second kappa shape index (κ2) is 3.80. The molecule has 1 fully saturated rings. The summed E-state index contributed by atoms with van der Waals surface area (Å²) in [4.78, 5) is 25.4. The largest absolute Gasteiger partial charge is 0.330 e. The predicted octanol–water partition coefficient (Wildman–Crippen LogP) is 1.68. The molecule has 1 heterocycles. The van der Waals surface area contributed by atoms with Crippen molar-refractivity contribution in [2.75, 3.05) is 6.54 Å². The lowest BCUT2D eigenvalue weighted by molar-refractivity contribution is -0.142. The summed E-state index contributed by atoms with van der Waals surface area (Å²) in [5.41, 5.74) is -0.487. The average molecular weight is 207 g/mol. The quantitative estimate of drug-likeness (QED) is 0.567. The van der Waals surface area contributed by atoms with Gasteiger partial charge in [0.15, 0.2) is 5.78 Å². The lowest BCUT2D eigenvalue weighted by Crippen LogP contribution is -2.51. The van der Waals surface area contributed by atoms with Gasteiger partial charge in [-0.25, -0.2) is 0 Å². The molecule has 2 rings (SSSR count). The van der Waals surface area contributed by atoms with Crippen molar-refractivity contribution < 1.29 is 9.59 Å². The van der Waals surface area contributed by atoms with Crippen LogP contribution < -0.4 is 0 Å². The summed E-state index contributed by atoms with van der Waals surface area (Å²) in [6, 6.07) is 0. The van der Waals surface area contributed by atoms with Crippen LogP contribution in [0.2, 0.25) is 0 Å². The molecule has 1 unspecified atom stereocenters. The van der Waals surface area contributed by atoms with E-state index in [9.17, 15) is 9.59 Å². The molecule has 1 spiro atoms. The van der Waals surface area contributed by atoms with E-state index in [-0.39, 0.29) is 11.7 Å². The molecule has 1 atom stereocenters. The number of amides is 1. The fourth-order valence-corrected chi connectivity index (χ4v) is 2.80. The number of hydrogen-bond acceptors (Lipinski definition) is 2. The molecule has 0 bridgehead atoms. The Kier molecular flexibility index (Phi) is 2.63. The van der Waals surface area contributed by atoms with Crippen LogP contribution in [0.25, 0.3) is 0 Å². The Hall–Kier alpha value is -1.12. The monoisotopic (exact) mass is 207 g/mol. The van der Waals surface area contributed by atoms with E-state index >= 15 is 0 Å². The summed E-state index contributed by atoms with van der Waals surface area (Å²) in [5, 5.41) is 0. The molecule has 0 aromatic rings. The standard InChI is InChI=1S/C12H17NO2/c1-10(14)13-9-5-8-12(13)7-4-2-3-6-11(12)15/h2,4H,3,5-9H2,1H3. The van der Waals surface area contributed by atoms with Gasteiger partial charge >= 0.3 is 0 Å². The average Bonchev–Trinajstić information content (AvgIpc) is 2.53. The highest BCUT2D eigenvalue weighted by molar-refractivity contribution is 5.93. The summed E-state index contributed by atoms with van der Waals surface area (Å²) in [6.07, 6.45) is 8.04. The highest BCUT2D eigenvalue weighted by atomic mass is 16.2. The molecule has 15 heavy (non-hydrogen) atoms. The number of Topliss-reactive ketones (excluding diaryl/α,β-unsaturated/α-hetero) is 1. The number of likely N-dealkylation sites (tertiary alicyclic amines) is 1. The van der Waals surface area contributed by atoms with Gasteiger partial charge in [-0.1, -0.05) is 12.2 Å². The molecule has 1 aliphatic heterocycles. The van der Waals surface area contributed by atoms with Crippen LogP contribution in [-0.4, -0.2) is 28.7 Å². The molecule has 3 nitrogen and oxygen atoms in total. The Morgan fingerprint density at radius 2 is 2.27 bits per heavy atom. The second-order valence-electron chi connectivity index (χ2n) is 4.44. The van der Waals surface area contributed by atoms with Crippen LogP contribution in [-0.2, 0) is 9.59 Å². The van der Waals surface area contributed by atoms with E-state index in [2.05, 4.69) is 12.2 Å². The van der Waals surface area contributed by atoms with E-state index in [4.69, 9.17) is 0 Å². The van der Waals surface area contributed by atoms with Crippen molar-refractivity contribution in [3.8, 4) is 0 Å². The SMILES string of the molecule is CC(=O)N1CCCC12CC=CCCC2=O. The summed E-state index contributed by atoms with van der Waals surface area (Å²) in [7, 11) is 0. The molecule has 0 N–H and O–H groups in total. The first-order chi connectivity index (χ1) is 7.17. The third kappa shape index (κ3) is 1.60. The molecule has 1 amide bonds. The Bertz CT molecular complexity index is 322. The zero-order valence-corrected chi connectivity index (χ0v) is 9.16.